The number of aliphatic carboxylic acids is 4. The number of carboxylic acid groups (broad SMARTS) is 4. The van der Waals surface area contributed by atoms with Gasteiger partial charge in [-0.3, -0.25) is 0 Å². The molecule has 0 bridgehead atoms. The summed E-state index contributed by atoms with van der Waals surface area (Å²) in [4.78, 5) is 92.5. The van der Waals surface area contributed by atoms with Crippen LogP contribution in [0.25, 0.3) is 0 Å². The number of carbonyl (C=O) groups is 8. The Hall–Kier alpha value is -3.28. The molecule has 4 atom stereocenters. The summed E-state index contributed by atoms with van der Waals surface area (Å²) in [6, 6.07) is -4.92. The monoisotopic (exact) mass is 708 g/mol. The Kier molecular flexibility index (Phi) is 18.1. The fraction of sp³-hybridized carbons (Fsp3) is 0.600. The summed E-state index contributed by atoms with van der Waals surface area (Å²) >= 11 is -0.824. The summed E-state index contributed by atoms with van der Waals surface area (Å²) in [6.07, 6.45) is -1.02. The number of carbonyl (C=O) groups excluding carboxylic acids is 4. The minimum absolute atomic E-state index is 0.0556. The average molecular weight is 706 g/mol. The molecule has 0 aliphatic carbocycles. The van der Waals surface area contributed by atoms with Gasteiger partial charge in [0.05, 0.1) is 0 Å². The van der Waals surface area contributed by atoms with Crippen LogP contribution < -0.4 is 32.7 Å². The Balaban J connectivity index is 5.18. The number of nitrogens with two attached hydrogens (primary N) is 2. The van der Waals surface area contributed by atoms with Crippen LogP contribution in [0.5, 0.6) is 0 Å². The first-order valence-electron chi connectivity index (χ1n) is 11.4. The van der Waals surface area contributed by atoms with Crippen LogP contribution in [-0.4, -0.2) is 131 Å². The maximum atomic E-state index is 12.4. The van der Waals surface area contributed by atoms with Crippen molar-refractivity contribution >= 4 is 73.8 Å². The third kappa shape index (κ3) is 17.3. The molecule has 4 amide bonds. The molecule has 0 aromatic rings. The topological polar surface area (TPSA) is 318 Å². The molecule has 0 saturated heterocycles. The van der Waals surface area contributed by atoms with E-state index in [1.807, 2.05) is 0 Å². The third-order valence-electron chi connectivity index (χ3n) is 4.68. The molecule has 0 aliphatic heterocycles. The number of hydrogen-bond acceptors (Lipinski definition) is 10. The molecule has 0 aromatic heterocycles. The summed E-state index contributed by atoms with van der Waals surface area (Å²) in [5.74, 6) is -8.24. The van der Waals surface area contributed by atoms with Gasteiger partial charge < -0.3 is 0 Å². The summed E-state index contributed by atoms with van der Waals surface area (Å²) in [6.45, 7) is -1.42. The van der Waals surface area contributed by atoms with Crippen molar-refractivity contribution in [3.05, 3.63) is 0 Å². The zero-order valence-electron chi connectivity index (χ0n) is 21.0. The molecule has 0 aliphatic rings. The van der Waals surface area contributed by atoms with Crippen molar-refractivity contribution in [3.63, 3.8) is 0 Å². The van der Waals surface area contributed by atoms with Gasteiger partial charge in [0.25, 0.3) is 0 Å². The molecular weight excluding hydrogens is 674 g/mol. The quantitative estimate of drug-likeness (QED) is 0.0395. The number of nitrogens with one attached hydrogen (secondary N) is 4. The average Bonchev–Trinajstić information content (AvgIpc) is 2.87. The number of rotatable bonds is 21. The summed E-state index contributed by atoms with van der Waals surface area (Å²) < 4.78 is 0. The van der Waals surface area contributed by atoms with Crippen LogP contribution in [0.4, 0.5) is 0 Å². The SMILES string of the molecule is N[C@@H](CCC(=O)N[C@H](C[Se][Se]C[C@@H](NC(=O)CC[C@H](N)C(=O)O)C(=O)NCC(=O)O)C(=O)NCC(=O)O)C(=O)O. The minimum atomic E-state index is -1.32. The number of amides is 4. The first-order chi connectivity index (χ1) is 18.6. The molecule has 0 spiro atoms. The van der Waals surface area contributed by atoms with Gasteiger partial charge in [-0.05, 0) is 0 Å². The van der Waals surface area contributed by atoms with Crippen LogP contribution in [0.2, 0.25) is 10.6 Å². The fourth-order valence-electron chi connectivity index (χ4n) is 2.52. The van der Waals surface area contributed by atoms with Crippen LogP contribution in [0.15, 0.2) is 0 Å². The first kappa shape index (κ1) is 36.7. The van der Waals surface area contributed by atoms with E-state index in [1.54, 1.807) is 0 Å². The van der Waals surface area contributed by atoms with Crippen LogP contribution in [-0.2, 0) is 38.4 Å². The second-order valence-corrected chi connectivity index (χ2v) is 15.5. The predicted molar refractivity (Wildman–Crippen MR) is 136 cm³/mol. The Morgan fingerprint density at radius 2 is 0.925 bits per heavy atom. The Morgan fingerprint density at radius 3 is 1.20 bits per heavy atom. The molecule has 0 saturated carbocycles. The van der Waals surface area contributed by atoms with Crippen molar-refractivity contribution in [1.82, 2.24) is 21.3 Å². The van der Waals surface area contributed by atoms with Gasteiger partial charge in [0.15, 0.2) is 0 Å². The van der Waals surface area contributed by atoms with Crippen molar-refractivity contribution in [3.8, 4) is 0 Å². The van der Waals surface area contributed by atoms with Crippen LogP contribution in [0.1, 0.15) is 25.7 Å². The van der Waals surface area contributed by atoms with E-state index >= 15 is 0 Å². The molecule has 18 nitrogen and oxygen atoms in total. The third-order valence-corrected chi connectivity index (χ3v) is 11.8. The van der Waals surface area contributed by atoms with Crippen LogP contribution in [0, 0.1) is 0 Å². The molecule has 0 rings (SSSR count). The van der Waals surface area contributed by atoms with Gasteiger partial charge in [-0.2, -0.15) is 0 Å². The summed E-state index contributed by atoms with van der Waals surface area (Å²) in [5.41, 5.74) is 10.7. The predicted octanol–water partition coefficient (Wildman–Crippen LogP) is -5.10. The van der Waals surface area contributed by atoms with Crippen molar-refractivity contribution in [1.29, 1.82) is 0 Å². The van der Waals surface area contributed by atoms with Gasteiger partial charge in [-0.15, -0.1) is 0 Å². The van der Waals surface area contributed by atoms with Crippen molar-refractivity contribution in [2.45, 2.75) is 60.5 Å². The van der Waals surface area contributed by atoms with Crippen LogP contribution >= 0.6 is 0 Å². The van der Waals surface area contributed by atoms with Gasteiger partial charge in [0.1, 0.15) is 0 Å². The van der Waals surface area contributed by atoms with Crippen molar-refractivity contribution in [2.24, 2.45) is 11.5 Å². The van der Waals surface area contributed by atoms with E-state index < -0.39 is 111 Å². The molecular formula is C20H32N6O12Se2. The summed E-state index contributed by atoms with van der Waals surface area (Å²) in [7, 11) is 0. The van der Waals surface area contributed by atoms with E-state index in [0.717, 1.165) is 0 Å². The van der Waals surface area contributed by atoms with E-state index in [9.17, 15) is 38.4 Å². The van der Waals surface area contributed by atoms with Gasteiger partial charge in [-0.25, -0.2) is 0 Å². The Morgan fingerprint density at radius 1 is 0.600 bits per heavy atom. The van der Waals surface area contributed by atoms with Gasteiger partial charge >= 0.3 is 239 Å². The van der Waals surface area contributed by atoms with E-state index in [-0.39, 0.29) is 36.3 Å². The second kappa shape index (κ2) is 19.7. The molecule has 0 heterocycles. The summed E-state index contributed by atoms with van der Waals surface area (Å²) in [5, 5.41) is 44.4. The molecule has 0 fully saturated rings. The molecule has 226 valence electrons. The fourth-order valence-corrected chi connectivity index (χ4v) is 9.55. The second-order valence-electron chi connectivity index (χ2n) is 8.00. The molecule has 20 heteroatoms. The molecule has 40 heavy (non-hydrogen) atoms. The number of hydrogen-bond donors (Lipinski definition) is 10. The number of carboxylic acids is 4. The maximum absolute atomic E-state index is 12.4. The molecule has 0 aromatic carbocycles. The Labute approximate surface area is 238 Å². The standard InChI is InChI=1S/C20H32N6O12Se2/c21-9(19(35)36)1-3-13(27)25-11(17(33)23-5-15(29)30)7-39-40-8-12(18(34)24-6-16(31)32)26-14(28)4-2-10(22)20(37)38/h9-12H,1-8,21-22H2,(H,23,33)(H,24,34)(H,25,27)(H,26,28)(H,29,30)(H,31,32)(H,35,36)(H,37,38)/t9-,10-,11+,12+/m0/s1. The van der Waals surface area contributed by atoms with Gasteiger partial charge in [-0.1, -0.05) is 0 Å². The van der Waals surface area contributed by atoms with E-state index in [2.05, 4.69) is 21.3 Å². The molecule has 0 radical (unpaired) electrons. The molecule has 0 unspecified atom stereocenters. The Bertz CT molecular complexity index is 879. The van der Waals surface area contributed by atoms with Gasteiger partial charge in [0, 0.05) is 0 Å². The zero-order chi connectivity index (χ0) is 30.8. The van der Waals surface area contributed by atoms with Crippen molar-refractivity contribution < 1.29 is 58.8 Å². The van der Waals surface area contributed by atoms with Gasteiger partial charge in [0.2, 0.25) is 0 Å². The first-order valence-corrected chi connectivity index (χ1v) is 18.2. The normalized spacial score (nSPS) is 13.6. The van der Waals surface area contributed by atoms with E-state index in [4.69, 9.17) is 31.9 Å². The zero-order valence-corrected chi connectivity index (χ0v) is 24.4. The van der Waals surface area contributed by atoms with Crippen LogP contribution in [0.3, 0.4) is 0 Å². The van der Waals surface area contributed by atoms with Crippen molar-refractivity contribution in [2.75, 3.05) is 13.1 Å². The van der Waals surface area contributed by atoms with E-state index in [1.165, 1.54) is 0 Å². The molecule has 12 N–H and O–H groups in total. The van der Waals surface area contributed by atoms with E-state index in [0.29, 0.717) is 0 Å².